The molecule has 8 heteroatoms. The Bertz CT molecular complexity index is 315. The van der Waals surface area contributed by atoms with Crippen LogP contribution in [0.25, 0.3) is 0 Å². The van der Waals surface area contributed by atoms with E-state index in [4.69, 9.17) is 9.84 Å². The third-order valence-corrected chi connectivity index (χ3v) is 5.32. The topological polar surface area (TPSA) is 66.8 Å². The predicted molar refractivity (Wildman–Crippen MR) is 61.6 cm³/mol. The van der Waals surface area contributed by atoms with Crippen LogP contribution in [0, 0.1) is 0 Å². The number of carboxylic acids is 1. The first-order chi connectivity index (χ1) is 8.29. The van der Waals surface area contributed by atoms with Crippen molar-refractivity contribution in [3.8, 4) is 0 Å². The molecule has 0 aliphatic carbocycles. The Morgan fingerprint density at radius 1 is 1.44 bits per heavy atom. The second kappa shape index (κ2) is 6.47. The molecule has 1 heterocycles. The van der Waals surface area contributed by atoms with Crippen LogP contribution in [0.3, 0.4) is 0 Å². The zero-order chi connectivity index (χ0) is 13.8. The van der Waals surface area contributed by atoms with Crippen molar-refractivity contribution < 1.29 is 28.2 Å². The molecule has 0 aromatic heterocycles. The third kappa shape index (κ3) is 5.31. The Hall–Kier alpha value is -0.682. The van der Waals surface area contributed by atoms with Gasteiger partial charge in [-0.1, -0.05) is 0 Å². The van der Waals surface area contributed by atoms with E-state index in [1.165, 1.54) is 4.90 Å². The molecule has 0 spiro atoms. The SMILES string of the molecule is CC(F)(F)C[C@H]([AsH]C(=O)N1CCOCC1)C(=O)O. The van der Waals surface area contributed by atoms with Gasteiger partial charge >= 0.3 is 110 Å². The van der Waals surface area contributed by atoms with E-state index in [1.807, 2.05) is 0 Å². The van der Waals surface area contributed by atoms with Crippen molar-refractivity contribution in [2.75, 3.05) is 26.3 Å². The predicted octanol–water partition coefficient (Wildman–Crippen LogP) is 0.794. The molecule has 1 unspecified atom stereocenters. The van der Waals surface area contributed by atoms with Crippen LogP contribution < -0.4 is 0 Å². The number of hydrogen-bond acceptors (Lipinski definition) is 3. The van der Waals surface area contributed by atoms with E-state index in [9.17, 15) is 18.4 Å². The van der Waals surface area contributed by atoms with Crippen molar-refractivity contribution in [3.05, 3.63) is 0 Å². The van der Waals surface area contributed by atoms with Gasteiger partial charge in [0.05, 0.1) is 0 Å². The fourth-order valence-electron chi connectivity index (χ4n) is 1.57. The first-order valence-corrected chi connectivity index (χ1v) is 7.79. The van der Waals surface area contributed by atoms with Gasteiger partial charge in [-0.25, -0.2) is 0 Å². The number of nitrogens with zero attached hydrogens (tertiary/aromatic N) is 1. The van der Waals surface area contributed by atoms with Crippen LogP contribution in [0.15, 0.2) is 0 Å². The molecule has 1 fully saturated rings. The van der Waals surface area contributed by atoms with Gasteiger partial charge < -0.3 is 0 Å². The van der Waals surface area contributed by atoms with Gasteiger partial charge in [-0.05, 0) is 0 Å². The minimum atomic E-state index is -3.06. The number of ether oxygens (including phenoxy) is 1. The normalized spacial score (nSPS) is 19.2. The summed E-state index contributed by atoms with van der Waals surface area (Å²) in [6, 6.07) is 0. The van der Waals surface area contributed by atoms with E-state index >= 15 is 0 Å². The molecule has 0 radical (unpaired) electrons. The molecule has 1 N–H and O–H groups in total. The molecule has 18 heavy (non-hydrogen) atoms. The molecule has 2 atom stereocenters. The van der Waals surface area contributed by atoms with E-state index < -0.39 is 38.8 Å². The van der Waals surface area contributed by atoms with Crippen LogP contribution in [0.1, 0.15) is 13.3 Å². The summed E-state index contributed by atoms with van der Waals surface area (Å²) >= 11 is -1.63. The molecule has 1 saturated heterocycles. The molecular weight excluding hydrogens is 311 g/mol. The molecule has 0 saturated carbocycles. The number of carboxylic acid groups (broad SMARTS) is 1. The van der Waals surface area contributed by atoms with Crippen molar-refractivity contribution in [2.45, 2.75) is 24.0 Å². The number of rotatable bonds is 5. The van der Waals surface area contributed by atoms with Crippen molar-refractivity contribution in [1.29, 1.82) is 0 Å². The molecule has 1 rings (SSSR count). The fourth-order valence-corrected chi connectivity index (χ4v) is 4.27. The average Bonchev–Trinajstić information content (AvgIpc) is 2.27. The van der Waals surface area contributed by atoms with Crippen molar-refractivity contribution in [1.82, 2.24) is 4.90 Å². The van der Waals surface area contributed by atoms with Crippen LogP contribution in [-0.2, 0) is 9.53 Å². The van der Waals surface area contributed by atoms with E-state index in [-0.39, 0.29) is 4.69 Å². The summed E-state index contributed by atoms with van der Waals surface area (Å²) in [6.07, 6.45) is -0.765. The minimum absolute atomic E-state index is 0.282. The third-order valence-electron chi connectivity index (χ3n) is 2.46. The van der Waals surface area contributed by atoms with Gasteiger partial charge in [-0.15, -0.1) is 0 Å². The molecule has 0 bridgehead atoms. The number of hydrogen-bond donors (Lipinski definition) is 1. The second-order valence-corrected chi connectivity index (χ2v) is 7.18. The monoisotopic (exact) mass is 327 g/mol. The van der Waals surface area contributed by atoms with Crippen LogP contribution in [0.2, 0.25) is 4.71 Å². The van der Waals surface area contributed by atoms with Crippen LogP contribution in [0.4, 0.5) is 13.6 Å². The van der Waals surface area contributed by atoms with E-state index in [0.29, 0.717) is 33.2 Å². The zero-order valence-corrected chi connectivity index (χ0v) is 12.1. The van der Waals surface area contributed by atoms with E-state index in [0.717, 1.165) is 0 Å². The van der Waals surface area contributed by atoms with Gasteiger partial charge in [-0.3, -0.25) is 0 Å². The second-order valence-electron chi connectivity index (χ2n) is 4.21. The van der Waals surface area contributed by atoms with E-state index in [1.54, 1.807) is 0 Å². The summed E-state index contributed by atoms with van der Waals surface area (Å²) in [5.74, 6) is -4.36. The summed E-state index contributed by atoms with van der Waals surface area (Å²) in [5.41, 5.74) is 0. The maximum atomic E-state index is 12.8. The van der Waals surface area contributed by atoms with Gasteiger partial charge in [0.1, 0.15) is 0 Å². The first kappa shape index (κ1) is 15.4. The van der Waals surface area contributed by atoms with Crippen LogP contribution >= 0.6 is 0 Å². The van der Waals surface area contributed by atoms with Gasteiger partial charge in [0, 0.05) is 0 Å². The Labute approximate surface area is 110 Å². The van der Waals surface area contributed by atoms with Gasteiger partial charge in [0.25, 0.3) is 0 Å². The zero-order valence-electron chi connectivity index (χ0n) is 9.99. The molecule has 1 aliphatic heterocycles. The molecule has 1 amide bonds. The van der Waals surface area contributed by atoms with Crippen LogP contribution in [0.5, 0.6) is 0 Å². The quantitative estimate of drug-likeness (QED) is 0.759. The summed E-state index contributed by atoms with van der Waals surface area (Å²) in [6.45, 7) is 2.34. The number of carbonyl (C=O) groups excluding carboxylic acids is 1. The van der Waals surface area contributed by atoms with Crippen molar-refractivity contribution in [3.63, 3.8) is 0 Å². The van der Waals surface area contributed by atoms with Gasteiger partial charge in [0.15, 0.2) is 0 Å². The number of morpholine rings is 1. The number of alkyl halides is 2. The first-order valence-electron chi connectivity index (χ1n) is 5.53. The number of amides is 1. The molecule has 0 aromatic carbocycles. The van der Waals surface area contributed by atoms with E-state index in [2.05, 4.69) is 0 Å². The van der Waals surface area contributed by atoms with Gasteiger partial charge in [-0.2, -0.15) is 0 Å². The van der Waals surface area contributed by atoms with Gasteiger partial charge in [0.2, 0.25) is 0 Å². The van der Waals surface area contributed by atoms with Crippen LogP contribution in [-0.4, -0.2) is 68.6 Å². The Morgan fingerprint density at radius 3 is 2.44 bits per heavy atom. The molecular formula is C10H16AsF2NO4. The molecule has 1 aliphatic rings. The Morgan fingerprint density at radius 2 is 2.00 bits per heavy atom. The maximum absolute atomic E-state index is 12.8. The summed E-state index contributed by atoms with van der Waals surface area (Å²) in [4.78, 5) is 24.2. The van der Waals surface area contributed by atoms with Crippen molar-refractivity contribution >= 4 is 26.4 Å². The standard InChI is InChI=1S/C10H16AsF2NO4/c1-10(12,13)6-7(8(15)16)11-9(17)14-2-4-18-5-3-14/h7,11H,2-6H2,1H3,(H,15,16)/t7-/m0/s1. The molecule has 0 aromatic rings. The summed E-state index contributed by atoms with van der Waals surface area (Å²) < 4.78 is 29.2. The average molecular weight is 327 g/mol. The fraction of sp³-hybridized carbons (Fsp3) is 0.800. The molecule has 5 nitrogen and oxygen atoms in total. The Balaban J connectivity index is 2.54. The summed E-state index contributed by atoms with van der Waals surface area (Å²) in [7, 11) is 0. The number of aliphatic carboxylic acids is 1. The molecule has 104 valence electrons. The van der Waals surface area contributed by atoms with Crippen molar-refractivity contribution in [2.24, 2.45) is 0 Å². The number of halogens is 2. The number of carbonyl (C=O) groups is 2. The Kier molecular flexibility index (Phi) is 5.53. The summed E-state index contributed by atoms with van der Waals surface area (Å²) in [5, 5.41) is 8.89.